The van der Waals surface area contributed by atoms with Gasteiger partial charge in [-0.05, 0) is 24.3 Å². The van der Waals surface area contributed by atoms with Crippen LogP contribution in [-0.2, 0) is 10.0 Å². The molecular formula is C17H19N3O6S. The van der Waals surface area contributed by atoms with Crippen molar-refractivity contribution in [3.05, 3.63) is 58.1 Å². The SMILES string of the molecule is CCN(CC)S(=O)(=O)c1ccc(Oc2ccccc2C(N)=O)c([N+](=O)[O-])c1. The summed E-state index contributed by atoms with van der Waals surface area (Å²) in [5.41, 5.74) is 4.78. The molecule has 9 nitrogen and oxygen atoms in total. The number of sulfonamides is 1. The molecule has 0 saturated carbocycles. The summed E-state index contributed by atoms with van der Waals surface area (Å²) in [6.07, 6.45) is 0. The number of hydrogen-bond donors (Lipinski definition) is 1. The van der Waals surface area contributed by atoms with Gasteiger partial charge >= 0.3 is 5.69 Å². The Morgan fingerprint density at radius 1 is 1.15 bits per heavy atom. The number of nitrogens with two attached hydrogens (primary N) is 1. The van der Waals surface area contributed by atoms with E-state index in [1.165, 1.54) is 28.6 Å². The van der Waals surface area contributed by atoms with Crippen LogP contribution >= 0.6 is 0 Å². The van der Waals surface area contributed by atoms with Crippen LogP contribution in [0.4, 0.5) is 5.69 Å². The summed E-state index contributed by atoms with van der Waals surface area (Å²) < 4.78 is 31.8. The summed E-state index contributed by atoms with van der Waals surface area (Å²) in [5, 5.41) is 11.4. The zero-order valence-corrected chi connectivity index (χ0v) is 15.6. The number of hydrogen-bond acceptors (Lipinski definition) is 6. The molecule has 2 aromatic carbocycles. The number of nitro groups is 1. The summed E-state index contributed by atoms with van der Waals surface area (Å²) in [5.74, 6) is -0.923. The quantitative estimate of drug-likeness (QED) is 0.541. The minimum Gasteiger partial charge on any atom is -0.449 e. The average molecular weight is 393 g/mol. The van der Waals surface area contributed by atoms with Crippen molar-refractivity contribution in [2.24, 2.45) is 5.73 Å². The number of carbonyl (C=O) groups is 1. The highest BCUT2D eigenvalue weighted by atomic mass is 32.2. The van der Waals surface area contributed by atoms with E-state index in [0.29, 0.717) is 0 Å². The van der Waals surface area contributed by atoms with Crippen molar-refractivity contribution in [1.82, 2.24) is 4.31 Å². The first-order valence-electron chi connectivity index (χ1n) is 8.07. The topological polar surface area (TPSA) is 133 Å². The molecule has 27 heavy (non-hydrogen) atoms. The van der Waals surface area contributed by atoms with Gasteiger partial charge in [0.05, 0.1) is 15.4 Å². The van der Waals surface area contributed by atoms with E-state index in [2.05, 4.69) is 0 Å². The van der Waals surface area contributed by atoms with Crippen LogP contribution in [-0.4, -0.2) is 36.6 Å². The second-order valence-corrected chi connectivity index (χ2v) is 7.38. The van der Waals surface area contributed by atoms with Gasteiger partial charge in [0.25, 0.3) is 5.91 Å². The fraction of sp³-hybridized carbons (Fsp3) is 0.235. The Kier molecular flexibility index (Phi) is 6.13. The minimum absolute atomic E-state index is 0.0347. The first-order chi connectivity index (χ1) is 12.7. The number of primary amides is 1. The predicted octanol–water partition coefficient (Wildman–Crippen LogP) is 2.52. The van der Waals surface area contributed by atoms with Gasteiger partial charge in [-0.3, -0.25) is 14.9 Å². The molecule has 2 aromatic rings. The van der Waals surface area contributed by atoms with E-state index >= 15 is 0 Å². The Morgan fingerprint density at radius 2 is 1.78 bits per heavy atom. The van der Waals surface area contributed by atoms with Gasteiger partial charge in [0.2, 0.25) is 15.8 Å². The molecule has 0 aliphatic heterocycles. The zero-order chi connectivity index (χ0) is 20.2. The Balaban J connectivity index is 2.52. The number of para-hydroxylation sites is 1. The van der Waals surface area contributed by atoms with E-state index in [4.69, 9.17) is 10.5 Å². The van der Waals surface area contributed by atoms with Crippen LogP contribution in [0.25, 0.3) is 0 Å². The van der Waals surface area contributed by atoms with Crippen LogP contribution in [0.15, 0.2) is 47.4 Å². The largest absolute Gasteiger partial charge is 0.449 e. The monoisotopic (exact) mass is 393 g/mol. The Morgan fingerprint density at radius 3 is 2.33 bits per heavy atom. The van der Waals surface area contributed by atoms with E-state index in [1.807, 2.05) is 0 Å². The second kappa shape index (κ2) is 8.14. The van der Waals surface area contributed by atoms with Crippen molar-refractivity contribution < 1.29 is 22.9 Å². The third-order valence-corrected chi connectivity index (χ3v) is 5.89. The van der Waals surface area contributed by atoms with Gasteiger partial charge in [-0.1, -0.05) is 26.0 Å². The third kappa shape index (κ3) is 4.23. The maximum Gasteiger partial charge on any atom is 0.312 e. The summed E-state index contributed by atoms with van der Waals surface area (Å²) >= 11 is 0. The number of nitro benzene ring substituents is 1. The lowest BCUT2D eigenvalue weighted by Crippen LogP contribution is -2.30. The first-order valence-corrected chi connectivity index (χ1v) is 9.51. The Labute approximate surface area is 156 Å². The maximum atomic E-state index is 12.6. The van der Waals surface area contributed by atoms with E-state index in [1.54, 1.807) is 26.0 Å². The maximum absolute atomic E-state index is 12.6. The molecule has 0 saturated heterocycles. The van der Waals surface area contributed by atoms with Crippen molar-refractivity contribution in [3.63, 3.8) is 0 Å². The molecule has 0 spiro atoms. The Hall–Kier alpha value is -2.98. The number of amides is 1. The highest BCUT2D eigenvalue weighted by Gasteiger charge is 2.27. The molecule has 10 heteroatoms. The molecule has 0 aliphatic rings. The van der Waals surface area contributed by atoms with E-state index in [0.717, 1.165) is 6.07 Å². The lowest BCUT2D eigenvalue weighted by Gasteiger charge is -2.18. The van der Waals surface area contributed by atoms with Crippen LogP contribution in [0.3, 0.4) is 0 Å². The molecule has 0 atom stereocenters. The molecule has 0 aliphatic carbocycles. The van der Waals surface area contributed by atoms with Gasteiger partial charge in [-0.25, -0.2) is 8.42 Å². The molecular weight excluding hydrogens is 374 g/mol. The number of benzene rings is 2. The summed E-state index contributed by atoms with van der Waals surface area (Å²) in [6.45, 7) is 3.81. The molecule has 0 aromatic heterocycles. The highest BCUT2D eigenvalue weighted by molar-refractivity contribution is 7.89. The average Bonchev–Trinajstić information content (AvgIpc) is 2.62. The second-order valence-electron chi connectivity index (χ2n) is 5.44. The van der Waals surface area contributed by atoms with Gasteiger partial charge in [0, 0.05) is 19.2 Å². The van der Waals surface area contributed by atoms with Crippen molar-refractivity contribution in [1.29, 1.82) is 0 Å². The van der Waals surface area contributed by atoms with Crippen molar-refractivity contribution in [3.8, 4) is 11.5 Å². The van der Waals surface area contributed by atoms with Crippen LogP contribution in [0, 0.1) is 10.1 Å². The molecule has 2 rings (SSSR count). The lowest BCUT2D eigenvalue weighted by atomic mass is 10.2. The third-order valence-electron chi connectivity index (χ3n) is 3.84. The van der Waals surface area contributed by atoms with Crippen molar-refractivity contribution in [2.75, 3.05) is 13.1 Å². The fourth-order valence-electron chi connectivity index (χ4n) is 2.48. The minimum atomic E-state index is -3.87. The molecule has 0 unspecified atom stereocenters. The molecule has 0 heterocycles. The van der Waals surface area contributed by atoms with Gasteiger partial charge in [0.1, 0.15) is 5.75 Å². The van der Waals surface area contributed by atoms with Gasteiger partial charge < -0.3 is 10.5 Å². The van der Waals surface area contributed by atoms with E-state index in [9.17, 15) is 23.3 Å². The van der Waals surface area contributed by atoms with Crippen LogP contribution in [0.5, 0.6) is 11.5 Å². The van der Waals surface area contributed by atoms with Crippen LogP contribution < -0.4 is 10.5 Å². The van der Waals surface area contributed by atoms with Crippen molar-refractivity contribution in [2.45, 2.75) is 18.7 Å². The zero-order valence-electron chi connectivity index (χ0n) is 14.8. The number of rotatable bonds is 8. The lowest BCUT2D eigenvalue weighted by molar-refractivity contribution is -0.385. The summed E-state index contributed by atoms with van der Waals surface area (Å²) in [6, 6.07) is 9.35. The molecule has 0 bridgehead atoms. The summed E-state index contributed by atoms with van der Waals surface area (Å²) in [4.78, 5) is 22.0. The first kappa shape index (κ1) is 20.3. The number of carbonyl (C=O) groups excluding carboxylic acids is 1. The van der Waals surface area contributed by atoms with E-state index < -0.39 is 26.5 Å². The molecule has 0 radical (unpaired) electrons. The number of ether oxygens (including phenoxy) is 1. The normalized spacial score (nSPS) is 11.4. The molecule has 1 amide bonds. The van der Waals surface area contributed by atoms with Gasteiger partial charge in [0.15, 0.2) is 0 Å². The van der Waals surface area contributed by atoms with E-state index in [-0.39, 0.29) is 35.0 Å². The summed E-state index contributed by atoms with van der Waals surface area (Å²) in [7, 11) is -3.87. The standard InChI is InChI=1S/C17H19N3O6S/c1-3-19(4-2)27(24,25)12-9-10-16(14(11-12)20(22)23)26-15-8-6-5-7-13(15)17(18)21/h5-11H,3-4H2,1-2H3,(H2,18,21). The highest BCUT2D eigenvalue weighted by Crippen LogP contribution is 2.35. The molecule has 0 fully saturated rings. The fourth-order valence-corrected chi connectivity index (χ4v) is 3.96. The predicted molar refractivity (Wildman–Crippen MR) is 98.2 cm³/mol. The van der Waals surface area contributed by atoms with Gasteiger partial charge in [-0.15, -0.1) is 0 Å². The molecule has 2 N–H and O–H groups in total. The van der Waals surface area contributed by atoms with Gasteiger partial charge in [-0.2, -0.15) is 4.31 Å². The van der Waals surface area contributed by atoms with Crippen LogP contribution in [0.1, 0.15) is 24.2 Å². The smallest absolute Gasteiger partial charge is 0.312 e. The molecule has 144 valence electrons. The Bertz CT molecular complexity index is 970. The number of nitrogens with zero attached hydrogens (tertiary/aromatic N) is 2. The van der Waals surface area contributed by atoms with Crippen LogP contribution in [0.2, 0.25) is 0 Å². The van der Waals surface area contributed by atoms with Crippen molar-refractivity contribution >= 4 is 21.6 Å².